The normalized spacial score (nSPS) is 14.4. The number of aromatic nitrogens is 6. The van der Waals surface area contributed by atoms with E-state index in [4.69, 9.17) is 21.1 Å². The maximum Gasteiger partial charge on any atom is 0.472 e. The zero-order chi connectivity index (χ0) is 87.6. The average Bonchev–Trinajstić information content (AvgIpc) is 0.786. The molecule has 21 nitrogen and oxygen atoms in total. The van der Waals surface area contributed by atoms with E-state index in [1.54, 1.807) is 146 Å². The number of amides is 7. The number of alkyl halides is 9. The van der Waals surface area contributed by atoms with Crippen LogP contribution in [0.15, 0.2) is 250 Å². The number of ether oxygens (including phenoxy) is 2. The molecule has 12 heterocycles. The Kier molecular flexibility index (Phi) is 27.6. The second kappa shape index (κ2) is 38.4. The Morgan fingerprint density at radius 2 is 0.821 bits per heavy atom. The number of carbonyl (C=O) groups excluding carboxylic acids is 7. The topological polar surface area (TPSA) is 252 Å². The van der Waals surface area contributed by atoms with Gasteiger partial charge in [0, 0.05) is 141 Å². The van der Waals surface area contributed by atoms with Gasteiger partial charge in [-0.1, -0.05) is 54.1 Å². The predicted octanol–water partition coefficient (Wildman–Crippen LogP) is 19.4. The molecule has 37 heteroatoms. The fraction of sp³-hybridized carbons (Fsp3) is 0.151. The van der Waals surface area contributed by atoms with Crippen LogP contribution < -0.4 is 39.7 Å². The molecular formula is C86H63ClF10N12O9S5. The van der Waals surface area contributed by atoms with Crippen LogP contribution >= 0.6 is 70.4 Å². The molecule has 0 radical (unpaired) electrons. The van der Waals surface area contributed by atoms with Crippen LogP contribution in [-0.2, 0) is 45.9 Å². The molecule has 6 aliphatic heterocycles. The van der Waals surface area contributed by atoms with E-state index < -0.39 is 41.5 Å². The molecule has 6 aromatic heterocycles. The summed E-state index contributed by atoms with van der Waals surface area (Å²) in [6.07, 6.45) is 3.47. The van der Waals surface area contributed by atoms with Crippen molar-refractivity contribution in [2.75, 3.05) is 93.9 Å². The van der Waals surface area contributed by atoms with E-state index in [2.05, 4.69) is 46.6 Å². The Hall–Kier alpha value is -12.4. The number of rotatable bonds is 7. The third kappa shape index (κ3) is 21.6. The smallest absolute Gasteiger partial charge is 0.472 e. The fourth-order valence-corrected chi connectivity index (χ4v) is 17.6. The molecule has 12 aromatic rings. The molecule has 0 unspecified atom stereocenters. The van der Waals surface area contributed by atoms with Gasteiger partial charge in [-0.2, -0.15) is 39.5 Å². The molecule has 0 aliphatic carbocycles. The summed E-state index contributed by atoms with van der Waals surface area (Å²) in [5.74, 6) is -0.862. The lowest BCUT2D eigenvalue weighted by atomic mass is 10.1. The van der Waals surface area contributed by atoms with Crippen LogP contribution in [0.3, 0.4) is 0 Å². The number of carbonyl (C=O) groups is 7. The lowest BCUT2D eigenvalue weighted by Gasteiger charge is -2.28. The lowest BCUT2D eigenvalue weighted by Crippen LogP contribution is -2.47. The summed E-state index contributed by atoms with van der Waals surface area (Å²) < 4.78 is 138. The van der Waals surface area contributed by atoms with Gasteiger partial charge in [0.2, 0.25) is 29.5 Å². The first-order valence-electron chi connectivity index (χ1n) is 36.4. The number of imide groups is 1. The van der Waals surface area contributed by atoms with Crippen molar-refractivity contribution in [2.24, 2.45) is 0 Å². The molecular weight excluding hydrogens is 1730 g/mol. The largest absolute Gasteiger partial charge is 0.495 e. The van der Waals surface area contributed by atoms with Gasteiger partial charge in [0.15, 0.2) is 6.61 Å². The highest BCUT2D eigenvalue weighted by atomic mass is 35.5. The second-order valence-corrected chi connectivity index (χ2v) is 32.4. The molecule has 6 aromatic carbocycles. The van der Waals surface area contributed by atoms with Crippen LogP contribution in [0.2, 0.25) is 5.02 Å². The van der Waals surface area contributed by atoms with Gasteiger partial charge >= 0.3 is 24.4 Å². The van der Waals surface area contributed by atoms with E-state index in [9.17, 15) is 77.5 Å². The van der Waals surface area contributed by atoms with Gasteiger partial charge in [-0.15, -0.1) is 58.8 Å². The van der Waals surface area contributed by atoms with Crippen molar-refractivity contribution in [3.05, 3.63) is 248 Å². The number of anilines is 6. The summed E-state index contributed by atoms with van der Waals surface area (Å²) in [7, 11) is 6.86. The second-order valence-electron chi connectivity index (χ2n) is 26.9. The van der Waals surface area contributed by atoms with Crippen molar-refractivity contribution < 1.29 is 86.9 Å². The quantitative estimate of drug-likeness (QED) is 0.141. The Morgan fingerprint density at radius 3 is 1.28 bits per heavy atom. The van der Waals surface area contributed by atoms with E-state index in [1.165, 1.54) is 66.0 Å². The van der Waals surface area contributed by atoms with Crippen LogP contribution in [0, 0.1) is 5.82 Å². The minimum absolute atomic E-state index is 0.00554. The summed E-state index contributed by atoms with van der Waals surface area (Å²) >= 11 is 13.1. The number of hydrogen-bond donors (Lipinski definition) is 2. The molecule has 628 valence electrons. The first-order valence-corrected chi connectivity index (χ1v) is 41.7. The molecule has 0 saturated carbocycles. The maximum atomic E-state index is 13.2. The standard InChI is InChI=1S/C15H9F3N2O2S.C15H11F3N2OS.C14H11ClN2O3.C14H9F3N2OS.C14H11FN2OS.C14H12N2OS/c16-15(17,18)14(22)20-11-4-3-9(10-2-1-5-19-7-10)6-12(11)23-8-13(20)21;1-20-12-3-2-9(5-13(12)22-8-14(20)21)10-4-11(7-19-6-10)15(16,17)18;1-19-10-2-9(5-16-6-10)8-3-11(15)14-12(4-8)20-7-13(18)17-14;15-14(16,17)10-3-9(5-18-6-10)8-1-2-11-12(4-8)21-7-13(20)19-11;1-17-12-3-2-9(5-13(12)19-8-14(17)18)10-4-11(15)7-16-6-10;1-16-12-5-4-10(11-3-2-6-15-8-11)7-13(12)18-9-14(16)17/h1-7H,8H2;2-7H,8H2,1H3;2-6H,7H2,1H3,(H,17,18);1-6H,7H2,(H,19,20);2-7H,8H2,1H3;2-8H,9H2,1H3. The van der Waals surface area contributed by atoms with Crippen molar-refractivity contribution in [2.45, 2.75) is 43.0 Å². The van der Waals surface area contributed by atoms with Gasteiger partial charge in [0.05, 0.1) is 92.9 Å². The number of pyridine rings is 6. The number of nitrogens with one attached hydrogen (secondary N) is 2. The molecule has 6 aliphatic rings. The number of fused-ring (bicyclic) bond motifs is 6. The average molecular weight is 1790 g/mol. The highest BCUT2D eigenvalue weighted by Crippen LogP contribution is 2.46. The first kappa shape index (κ1) is 88.4. The van der Waals surface area contributed by atoms with Gasteiger partial charge in [-0.3, -0.25) is 63.5 Å². The third-order valence-corrected chi connectivity index (χ3v) is 24.3. The van der Waals surface area contributed by atoms with Crippen molar-refractivity contribution in [3.8, 4) is 78.3 Å². The summed E-state index contributed by atoms with van der Waals surface area (Å²) in [6, 6.07) is 43.4. The maximum absolute atomic E-state index is 13.2. The number of thioether (sulfide) groups is 5. The summed E-state index contributed by atoms with van der Waals surface area (Å²) in [5, 5.41) is 5.84. The van der Waals surface area contributed by atoms with Crippen LogP contribution in [-0.4, -0.2) is 141 Å². The molecule has 18 rings (SSSR count). The van der Waals surface area contributed by atoms with Crippen LogP contribution in [0.4, 0.5) is 78.0 Å². The number of benzene rings is 6. The van der Waals surface area contributed by atoms with Gasteiger partial charge < -0.3 is 34.8 Å². The molecule has 0 bridgehead atoms. The van der Waals surface area contributed by atoms with E-state index in [1.807, 2.05) is 73.9 Å². The Morgan fingerprint density at radius 1 is 0.415 bits per heavy atom. The van der Waals surface area contributed by atoms with Crippen LogP contribution in [0.5, 0.6) is 11.5 Å². The number of nitrogens with zero attached hydrogens (tertiary/aromatic N) is 10. The molecule has 0 fully saturated rings. The Bertz CT molecular complexity index is 6070. The molecule has 7 amide bonds. The number of hydrogen-bond acceptors (Lipinski definition) is 20. The number of methoxy groups -OCH3 is 1. The third-order valence-electron chi connectivity index (χ3n) is 18.8. The Labute approximate surface area is 721 Å². The predicted molar refractivity (Wildman–Crippen MR) is 455 cm³/mol. The monoisotopic (exact) mass is 1790 g/mol. The summed E-state index contributed by atoms with van der Waals surface area (Å²) in [5.41, 5.74) is 11.4. The van der Waals surface area contributed by atoms with E-state index in [0.29, 0.717) is 78.1 Å². The summed E-state index contributed by atoms with van der Waals surface area (Å²) in [6.45, 7) is -0.0108. The minimum Gasteiger partial charge on any atom is -0.495 e. The molecule has 0 atom stereocenters. The van der Waals surface area contributed by atoms with Gasteiger partial charge in [0.25, 0.3) is 5.91 Å². The van der Waals surface area contributed by atoms with Crippen molar-refractivity contribution in [3.63, 3.8) is 0 Å². The highest BCUT2D eigenvalue weighted by molar-refractivity contribution is 8.01. The summed E-state index contributed by atoms with van der Waals surface area (Å²) in [4.78, 5) is 114. The SMILES string of the molecule is CN1C(=O)CSc2cc(-c3cccnc3)ccc21.CN1C(=O)CSc2cc(-c3cncc(C(F)(F)F)c3)ccc21.CN1C(=O)CSc2cc(-c3cncc(F)c3)ccc21.COc1cncc(-c2cc(Cl)c3c(c2)OCC(=O)N3)c1.O=C1CSc2cc(-c3cccnc3)ccc2N1C(=O)C(F)(F)F.O=C1CSc2cc(-c3cncc(C(F)(F)F)c3)ccc2N1. The van der Waals surface area contributed by atoms with E-state index in [0.717, 1.165) is 117 Å². The zero-order valence-corrected chi connectivity index (χ0v) is 69.3. The first-order chi connectivity index (χ1) is 58.7. The van der Waals surface area contributed by atoms with Gasteiger partial charge in [-0.25, -0.2) is 9.29 Å². The minimum atomic E-state index is -5.10. The van der Waals surface area contributed by atoms with Crippen LogP contribution in [0.25, 0.3) is 66.8 Å². The molecule has 0 saturated heterocycles. The van der Waals surface area contributed by atoms with Crippen LogP contribution in [0.1, 0.15) is 11.1 Å². The molecule has 123 heavy (non-hydrogen) atoms. The fourth-order valence-electron chi connectivity index (χ4n) is 12.4. The van der Waals surface area contributed by atoms with E-state index >= 15 is 0 Å². The number of halogens is 11. The highest BCUT2D eigenvalue weighted by Gasteiger charge is 2.47. The van der Waals surface area contributed by atoms with Crippen molar-refractivity contribution >= 4 is 146 Å². The Balaban J connectivity index is 0.000000127. The van der Waals surface area contributed by atoms with E-state index in [-0.39, 0.29) is 58.3 Å². The van der Waals surface area contributed by atoms with Crippen molar-refractivity contribution in [1.82, 2.24) is 29.9 Å². The zero-order valence-electron chi connectivity index (χ0n) is 64.4. The molecule has 0 spiro atoms. The molecule has 2 N–H and O–H groups in total. The van der Waals surface area contributed by atoms with Crippen molar-refractivity contribution in [1.29, 1.82) is 0 Å². The lowest BCUT2D eigenvalue weighted by molar-refractivity contribution is -0.171. The van der Waals surface area contributed by atoms with Gasteiger partial charge in [0.1, 0.15) is 23.0 Å². The van der Waals surface area contributed by atoms with Gasteiger partial charge in [-0.05, 0) is 143 Å².